The summed E-state index contributed by atoms with van der Waals surface area (Å²) in [6.07, 6.45) is 1.07. The Labute approximate surface area is 197 Å². The molecule has 0 bridgehead atoms. The topological polar surface area (TPSA) is 59.1 Å². The van der Waals surface area contributed by atoms with Crippen LogP contribution in [-0.2, 0) is 21.2 Å². The van der Waals surface area contributed by atoms with Crippen molar-refractivity contribution in [2.24, 2.45) is 0 Å². The molecule has 0 radical (unpaired) electrons. The van der Waals surface area contributed by atoms with Crippen LogP contribution in [0.25, 0.3) is 0 Å². The van der Waals surface area contributed by atoms with E-state index in [4.69, 9.17) is 9.47 Å². The van der Waals surface area contributed by atoms with E-state index in [0.717, 1.165) is 19.5 Å². The van der Waals surface area contributed by atoms with Gasteiger partial charge in [0.15, 0.2) is 0 Å². The van der Waals surface area contributed by atoms with Crippen molar-refractivity contribution in [1.29, 1.82) is 0 Å². The summed E-state index contributed by atoms with van der Waals surface area (Å²) in [4.78, 5) is 5.63. The van der Waals surface area contributed by atoms with Gasteiger partial charge in [0.25, 0.3) is 0 Å². The van der Waals surface area contributed by atoms with Crippen LogP contribution in [0.15, 0.2) is 58.1 Å². The highest BCUT2D eigenvalue weighted by Crippen LogP contribution is 2.39. The van der Waals surface area contributed by atoms with Crippen LogP contribution >= 0.6 is 22.7 Å². The SMILES string of the molecule is O=S(=O)(c1ccc(OCCN2CCc3sccc3C2c2cccs2)cc1)N1CCOCC1. The maximum absolute atomic E-state index is 12.8. The van der Waals surface area contributed by atoms with Gasteiger partial charge in [0.2, 0.25) is 10.0 Å². The van der Waals surface area contributed by atoms with Gasteiger partial charge in [0.05, 0.1) is 24.2 Å². The van der Waals surface area contributed by atoms with Crippen LogP contribution in [0.4, 0.5) is 0 Å². The molecule has 9 heteroatoms. The first-order valence-corrected chi connectivity index (χ1v) is 14.0. The van der Waals surface area contributed by atoms with Crippen molar-refractivity contribution in [2.45, 2.75) is 17.4 Å². The summed E-state index contributed by atoms with van der Waals surface area (Å²) in [5.74, 6) is 0.687. The molecule has 170 valence electrons. The largest absolute Gasteiger partial charge is 0.492 e. The molecule has 0 spiro atoms. The second kappa shape index (κ2) is 9.62. The molecule has 6 nitrogen and oxygen atoms in total. The summed E-state index contributed by atoms with van der Waals surface area (Å²) >= 11 is 3.65. The Morgan fingerprint density at radius 2 is 1.81 bits per heavy atom. The predicted molar refractivity (Wildman–Crippen MR) is 127 cm³/mol. The molecule has 1 unspecified atom stereocenters. The number of hydrogen-bond donors (Lipinski definition) is 0. The van der Waals surface area contributed by atoms with Gasteiger partial charge < -0.3 is 9.47 Å². The highest BCUT2D eigenvalue weighted by Gasteiger charge is 2.30. The lowest BCUT2D eigenvalue weighted by Gasteiger charge is -2.35. The van der Waals surface area contributed by atoms with Crippen LogP contribution in [0.1, 0.15) is 21.4 Å². The molecule has 4 heterocycles. The van der Waals surface area contributed by atoms with E-state index in [-0.39, 0.29) is 6.04 Å². The van der Waals surface area contributed by atoms with Gasteiger partial charge in [-0.3, -0.25) is 4.90 Å². The molecule has 0 N–H and O–H groups in total. The number of morpholine rings is 1. The lowest BCUT2D eigenvalue weighted by Crippen LogP contribution is -2.40. The van der Waals surface area contributed by atoms with Gasteiger partial charge in [-0.25, -0.2) is 8.42 Å². The number of rotatable bonds is 7. The Morgan fingerprint density at radius 3 is 2.56 bits per heavy atom. The normalized spacial score (nSPS) is 20.2. The number of nitrogens with zero attached hydrogens (tertiary/aromatic N) is 2. The van der Waals surface area contributed by atoms with Crippen molar-refractivity contribution in [2.75, 3.05) is 46.0 Å². The standard InChI is InChI=1S/C23H26N2O4S3/c26-32(27,25-11-13-28-14-12-25)19-5-3-18(4-6-19)29-15-10-24-9-7-21-20(8-17-31-21)23(24)22-2-1-16-30-22/h1-6,8,16-17,23H,7,9-15H2. The third kappa shape index (κ3) is 4.50. The first-order valence-electron chi connectivity index (χ1n) is 10.8. The second-order valence-corrected chi connectivity index (χ2v) is 11.8. The molecule has 2 aromatic heterocycles. The molecule has 1 aromatic carbocycles. The lowest BCUT2D eigenvalue weighted by molar-refractivity contribution is 0.0730. The Bertz CT molecular complexity index is 1120. The maximum Gasteiger partial charge on any atom is 0.243 e. The number of thiophene rings is 2. The zero-order valence-electron chi connectivity index (χ0n) is 17.7. The average Bonchev–Trinajstić information content (AvgIpc) is 3.52. The van der Waals surface area contributed by atoms with Gasteiger partial charge >= 0.3 is 0 Å². The van der Waals surface area contributed by atoms with Crippen molar-refractivity contribution in [3.05, 3.63) is 68.5 Å². The van der Waals surface area contributed by atoms with E-state index in [2.05, 4.69) is 33.9 Å². The first kappa shape index (κ1) is 22.1. The fourth-order valence-corrected chi connectivity index (χ4v) is 7.50. The summed E-state index contributed by atoms with van der Waals surface area (Å²) in [7, 11) is -3.48. The monoisotopic (exact) mass is 490 g/mol. The van der Waals surface area contributed by atoms with E-state index in [1.54, 1.807) is 35.6 Å². The summed E-state index contributed by atoms with van der Waals surface area (Å²) in [5.41, 5.74) is 1.42. The van der Waals surface area contributed by atoms with Crippen molar-refractivity contribution >= 4 is 32.7 Å². The highest BCUT2D eigenvalue weighted by molar-refractivity contribution is 7.89. The first-order chi connectivity index (χ1) is 15.6. The number of sulfonamides is 1. The molecule has 32 heavy (non-hydrogen) atoms. The van der Waals surface area contributed by atoms with Gasteiger partial charge in [-0.2, -0.15) is 4.31 Å². The quantitative estimate of drug-likeness (QED) is 0.503. The van der Waals surface area contributed by atoms with E-state index in [0.29, 0.717) is 43.6 Å². The Balaban J connectivity index is 1.22. The number of ether oxygens (including phenoxy) is 2. The summed E-state index contributed by atoms with van der Waals surface area (Å²) in [5, 5.41) is 4.33. The van der Waals surface area contributed by atoms with Crippen LogP contribution in [0.5, 0.6) is 5.75 Å². The molecule has 0 aliphatic carbocycles. The van der Waals surface area contributed by atoms with Gasteiger partial charge in [-0.15, -0.1) is 22.7 Å². The third-order valence-corrected chi connectivity index (χ3v) is 9.79. The number of fused-ring (bicyclic) bond motifs is 1. The molecular formula is C23H26N2O4S3. The summed E-state index contributed by atoms with van der Waals surface area (Å²) in [6.45, 7) is 4.05. The zero-order valence-corrected chi connectivity index (χ0v) is 20.1. The minimum atomic E-state index is -3.48. The molecule has 2 aliphatic heterocycles. The van der Waals surface area contributed by atoms with Crippen LogP contribution in [-0.4, -0.2) is 63.6 Å². The highest BCUT2D eigenvalue weighted by atomic mass is 32.2. The predicted octanol–water partition coefficient (Wildman–Crippen LogP) is 3.86. The molecule has 1 saturated heterocycles. The van der Waals surface area contributed by atoms with Crippen molar-refractivity contribution in [3.63, 3.8) is 0 Å². The summed E-state index contributed by atoms with van der Waals surface area (Å²) < 4.78 is 38.3. The molecule has 1 fully saturated rings. The van der Waals surface area contributed by atoms with E-state index in [1.807, 2.05) is 11.3 Å². The smallest absolute Gasteiger partial charge is 0.243 e. The number of benzene rings is 1. The molecule has 5 rings (SSSR count). The molecular weight excluding hydrogens is 464 g/mol. The molecule has 3 aromatic rings. The zero-order chi connectivity index (χ0) is 22.0. The van der Waals surface area contributed by atoms with Gasteiger partial charge in [0, 0.05) is 35.9 Å². The van der Waals surface area contributed by atoms with Crippen molar-refractivity contribution in [3.8, 4) is 5.75 Å². The number of hydrogen-bond acceptors (Lipinski definition) is 7. The maximum atomic E-state index is 12.8. The molecule has 0 saturated carbocycles. The van der Waals surface area contributed by atoms with Crippen LogP contribution in [0, 0.1) is 0 Å². The van der Waals surface area contributed by atoms with E-state index >= 15 is 0 Å². The van der Waals surface area contributed by atoms with Gasteiger partial charge in [-0.05, 0) is 59.1 Å². The van der Waals surface area contributed by atoms with Crippen LogP contribution in [0.2, 0.25) is 0 Å². The minimum absolute atomic E-state index is 0.287. The molecule has 0 amide bonds. The summed E-state index contributed by atoms with van der Waals surface area (Å²) in [6, 6.07) is 13.6. The minimum Gasteiger partial charge on any atom is -0.492 e. The van der Waals surface area contributed by atoms with Crippen LogP contribution < -0.4 is 4.74 Å². The van der Waals surface area contributed by atoms with E-state index < -0.39 is 10.0 Å². The van der Waals surface area contributed by atoms with Crippen molar-refractivity contribution < 1.29 is 17.9 Å². The van der Waals surface area contributed by atoms with Gasteiger partial charge in [0.1, 0.15) is 12.4 Å². The fraction of sp³-hybridized carbons (Fsp3) is 0.391. The third-order valence-electron chi connectivity index (χ3n) is 5.96. The second-order valence-electron chi connectivity index (χ2n) is 7.84. The Morgan fingerprint density at radius 1 is 1.00 bits per heavy atom. The lowest BCUT2D eigenvalue weighted by atomic mass is 9.98. The van der Waals surface area contributed by atoms with E-state index in [1.165, 1.54) is 19.6 Å². The van der Waals surface area contributed by atoms with Crippen molar-refractivity contribution in [1.82, 2.24) is 9.21 Å². The molecule has 2 aliphatic rings. The van der Waals surface area contributed by atoms with Gasteiger partial charge in [-0.1, -0.05) is 6.07 Å². The fourth-order valence-electron chi connectivity index (χ4n) is 4.31. The van der Waals surface area contributed by atoms with E-state index in [9.17, 15) is 8.42 Å². The molecule has 1 atom stereocenters. The van der Waals surface area contributed by atoms with Crippen LogP contribution in [0.3, 0.4) is 0 Å². The Kier molecular flexibility index (Phi) is 6.64. The average molecular weight is 491 g/mol. The Hall–Kier alpha value is -1.75.